The molecule has 1 aliphatic heterocycles. The number of aliphatic imine (C=N–C) groups is 1. The number of nitrogens with one attached hydrogen (secondary N) is 2. The molecule has 0 saturated carbocycles. The Kier molecular flexibility index (Phi) is 12.2. The van der Waals surface area contributed by atoms with Crippen LogP contribution in [0.25, 0.3) is 0 Å². The van der Waals surface area contributed by atoms with E-state index in [1.807, 2.05) is 12.1 Å². The third kappa shape index (κ3) is 9.09. The number of benzene rings is 1. The highest BCUT2D eigenvalue weighted by atomic mass is 127. The van der Waals surface area contributed by atoms with Crippen LogP contribution in [0.2, 0.25) is 0 Å². The maximum Gasteiger partial charge on any atom is 0.191 e. The van der Waals surface area contributed by atoms with E-state index >= 15 is 0 Å². The third-order valence-electron chi connectivity index (χ3n) is 5.64. The second-order valence-electron chi connectivity index (χ2n) is 8.31. The molecule has 1 aromatic rings. The zero-order valence-corrected chi connectivity index (χ0v) is 22.0. The Morgan fingerprint density at radius 3 is 2.17 bits per heavy atom. The molecule has 1 aromatic carbocycles. The number of likely N-dealkylation sites (tertiary alicyclic amines) is 1. The molecule has 1 atom stereocenters. The summed E-state index contributed by atoms with van der Waals surface area (Å²) in [6.45, 7) is 8.62. The van der Waals surface area contributed by atoms with Crippen molar-refractivity contribution in [1.29, 1.82) is 0 Å². The van der Waals surface area contributed by atoms with E-state index in [1.54, 1.807) is 19.2 Å². The van der Waals surface area contributed by atoms with Gasteiger partial charge in [-0.15, -0.1) is 24.0 Å². The Labute approximate surface area is 200 Å². The van der Waals surface area contributed by atoms with E-state index in [0.717, 1.165) is 31.0 Å². The minimum Gasteiger partial charge on any atom is -0.356 e. The molecule has 2 N–H and O–H groups in total. The second-order valence-corrected chi connectivity index (χ2v) is 10.3. The van der Waals surface area contributed by atoms with Crippen LogP contribution in [0.5, 0.6) is 0 Å². The van der Waals surface area contributed by atoms with E-state index in [-0.39, 0.29) is 24.0 Å². The summed E-state index contributed by atoms with van der Waals surface area (Å²) in [6.07, 6.45) is 7.34. The van der Waals surface area contributed by atoms with Gasteiger partial charge in [-0.3, -0.25) is 9.89 Å². The highest BCUT2D eigenvalue weighted by Gasteiger charge is 2.22. The Hall–Kier alpha value is -0.870. The lowest BCUT2D eigenvalue weighted by molar-refractivity contribution is 0.161. The van der Waals surface area contributed by atoms with Gasteiger partial charge in [-0.25, -0.2) is 8.42 Å². The number of rotatable bonds is 8. The van der Waals surface area contributed by atoms with Crippen LogP contribution >= 0.6 is 24.0 Å². The first-order chi connectivity index (χ1) is 13.8. The average molecular weight is 551 g/mol. The van der Waals surface area contributed by atoms with E-state index in [4.69, 9.17) is 0 Å². The summed E-state index contributed by atoms with van der Waals surface area (Å²) in [5, 5.41) is 6.88. The summed E-state index contributed by atoms with van der Waals surface area (Å²) in [5.74, 6) is 1.41. The number of halogens is 1. The van der Waals surface area contributed by atoms with Crippen molar-refractivity contribution in [1.82, 2.24) is 15.5 Å². The number of sulfone groups is 1. The standard InChI is InChI=1S/C22H38N4O2S.HI/c1-18(2)21(26-15-7-5-6-8-16-26)17-25-22(23-3)24-14-13-19-9-11-20(12-10-19)29(4,27)28;/h9-12,18,21H,5-8,13-17H2,1-4H3,(H2,23,24,25);1H. The number of nitrogens with zero attached hydrogens (tertiary/aromatic N) is 2. The van der Waals surface area contributed by atoms with Crippen molar-refractivity contribution in [2.24, 2.45) is 10.9 Å². The molecular weight excluding hydrogens is 511 g/mol. The SMILES string of the molecule is CN=C(NCCc1ccc(S(C)(=O)=O)cc1)NCC(C(C)C)N1CCCCCC1.I. The van der Waals surface area contributed by atoms with Crippen LogP contribution in [0.4, 0.5) is 0 Å². The van der Waals surface area contributed by atoms with E-state index < -0.39 is 9.84 Å². The largest absolute Gasteiger partial charge is 0.356 e. The summed E-state index contributed by atoms with van der Waals surface area (Å²) in [4.78, 5) is 7.36. The maximum absolute atomic E-state index is 11.6. The number of hydrogen-bond acceptors (Lipinski definition) is 4. The first kappa shape index (κ1) is 27.2. The summed E-state index contributed by atoms with van der Waals surface area (Å²) < 4.78 is 23.1. The first-order valence-electron chi connectivity index (χ1n) is 10.8. The molecule has 0 amide bonds. The summed E-state index contributed by atoms with van der Waals surface area (Å²) in [5.41, 5.74) is 1.10. The molecule has 0 aliphatic carbocycles. The fourth-order valence-electron chi connectivity index (χ4n) is 3.86. The third-order valence-corrected chi connectivity index (χ3v) is 6.77. The smallest absolute Gasteiger partial charge is 0.191 e. The normalized spacial score (nSPS) is 17.2. The zero-order valence-electron chi connectivity index (χ0n) is 18.9. The molecule has 1 heterocycles. The number of guanidine groups is 1. The van der Waals surface area contributed by atoms with Gasteiger partial charge < -0.3 is 10.6 Å². The van der Waals surface area contributed by atoms with Crippen LogP contribution in [-0.2, 0) is 16.3 Å². The Morgan fingerprint density at radius 2 is 1.67 bits per heavy atom. The zero-order chi connectivity index (χ0) is 21.3. The highest BCUT2D eigenvalue weighted by Crippen LogP contribution is 2.17. The molecule has 0 radical (unpaired) electrons. The quantitative estimate of drug-likeness (QED) is 0.295. The van der Waals surface area contributed by atoms with Crippen molar-refractivity contribution in [2.45, 2.75) is 56.9 Å². The van der Waals surface area contributed by atoms with Crippen molar-refractivity contribution in [3.05, 3.63) is 29.8 Å². The topological polar surface area (TPSA) is 73.8 Å². The molecule has 1 fully saturated rings. The lowest BCUT2D eigenvalue weighted by atomic mass is 10.0. The van der Waals surface area contributed by atoms with E-state index in [0.29, 0.717) is 16.9 Å². The average Bonchev–Trinajstić information content (AvgIpc) is 2.95. The predicted octanol–water partition coefficient (Wildman–Crippen LogP) is 3.32. The van der Waals surface area contributed by atoms with Gasteiger partial charge in [-0.05, 0) is 56.0 Å². The predicted molar refractivity (Wildman–Crippen MR) is 137 cm³/mol. The van der Waals surface area contributed by atoms with Crippen LogP contribution < -0.4 is 10.6 Å². The van der Waals surface area contributed by atoms with Crippen molar-refractivity contribution >= 4 is 39.8 Å². The molecule has 0 spiro atoms. The van der Waals surface area contributed by atoms with Crippen LogP contribution in [-0.4, -0.2) is 64.8 Å². The lowest BCUT2D eigenvalue weighted by Crippen LogP contribution is -2.50. The molecule has 0 aromatic heterocycles. The van der Waals surface area contributed by atoms with Crippen molar-refractivity contribution in [2.75, 3.05) is 39.5 Å². The van der Waals surface area contributed by atoms with E-state index in [1.165, 1.54) is 45.0 Å². The van der Waals surface area contributed by atoms with Gasteiger partial charge in [-0.2, -0.15) is 0 Å². The summed E-state index contributed by atoms with van der Waals surface area (Å²) >= 11 is 0. The fourth-order valence-corrected chi connectivity index (χ4v) is 4.49. The van der Waals surface area contributed by atoms with Crippen LogP contribution in [0, 0.1) is 5.92 Å². The molecule has 30 heavy (non-hydrogen) atoms. The minimum absolute atomic E-state index is 0. The molecule has 0 bridgehead atoms. The van der Waals surface area contributed by atoms with Gasteiger partial charge in [0.15, 0.2) is 15.8 Å². The summed E-state index contributed by atoms with van der Waals surface area (Å²) in [6, 6.07) is 7.61. The second kappa shape index (κ2) is 13.5. The minimum atomic E-state index is -3.14. The van der Waals surface area contributed by atoms with E-state index in [9.17, 15) is 8.42 Å². The van der Waals surface area contributed by atoms with Crippen LogP contribution in [0.1, 0.15) is 45.1 Å². The van der Waals surface area contributed by atoms with Crippen molar-refractivity contribution in [3.8, 4) is 0 Å². The molecule has 1 saturated heterocycles. The Balaban J connectivity index is 0.00000450. The molecule has 6 nitrogen and oxygen atoms in total. The maximum atomic E-state index is 11.6. The van der Waals surface area contributed by atoms with Crippen molar-refractivity contribution < 1.29 is 8.42 Å². The van der Waals surface area contributed by atoms with Crippen molar-refractivity contribution in [3.63, 3.8) is 0 Å². The molecule has 172 valence electrons. The Bertz CT molecular complexity index is 743. The molecule has 8 heteroatoms. The van der Waals surface area contributed by atoms with Gasteiger partial charge in [0.05, 0.1) is 4.90 Å². The van der Waals surface area contributed by atoms with Gasteiger partial charge >= 0.3 is 0 Å². The monoisotopic (exact) mass is 550 g/mol. The van der Waals surface area contributed by atoms with Gasteiger partial charge in [-0.1, -0.05) is 38.8 Å². The fraction of sp³-hybridized carbons (Fsp3) is 0.682. The highest BCUT2D eigenvalue weighted by molar-refractivity contribution is 14.0. The summed E-state index contributed by atoms with van der Waals surface area (Å²) in [7, 11) is -1.34. The molecule has 1 unspecified atom stereocenters. The van der Waals surface area contributed by atoms with Gasteiger partial charge in [0.25, 0.3) is 0 Å². The molecular formula is C22H39IN4O2S. The first-order valence-corrected chi connectivity index (χ1v) is 12.7. The van der Waals surface area contributed by atoms with Crippen LogP contribution in [0.15, 0.2) is 34.2 Å². The van der Waals surface area contributed by atoms with Gasteiger partial charge in [0, 0.05) is 32.4 Å². The van der Waals surface area contributed by atoms with Gasteiger partial charge in [0.2, 0.25) is 0 Å². The number of hydrogen-bond donors (Lipinski definition) is 2. The Morgan fingerprint density at radius 1 is 1.07 bits per heavy atom. The lowest BCUT2D eigenvalue weighted by Gasteiger charge is -2.34. The molecule has 2 rings (SSSR count). The molecule has 1 aliphatic rings. The van der Waals surface area contributed by atoms with Gasteiger partial charge in [0.1, 0.15) is 0 Å². The van der Waals surface area contributed by atoms with Crippen LogP contribution in [0.3, 0.4) is 0 Å². The van der Waals surface area contributed by atoms with E-state index in [2.05, 4.69) is 34.4 Å².